The van der Waals surface area contributed by atoms with Crippen molar-refractivity contribution < 1.29 is 24.2 Å². The van der Waals surface area contributed by atoms with E-state index in [4.69, 9.17) is 5.11 Å². The van der Waals surface area contributed by atoms with Crippen LogP contribution in [-0.4, -0.2) is 33.5 Å². The molecule has 28 heavy (non-hydrogen) atoms. The Labute approximate surface area is 164 Å². The number of carbonyl (C=O) groups is 2. The molecule has 0 saturated carbocycles. The standard InChI is InChI=1S/C22H26FNO4/c1-14(2)12-21(26)24(13-20(25)17-8-10-19(23)11-9-17)15(3)16-4-6-18(7-5-16)22(27)28/h4-11,14-15,20,25H,12-13H2,1-3H3,(H,27,28)/t15-,20?/m0/s1. The minimum atomic E-state index is -1.02. The number of amides is 1. The van der Waals surface area contributed by atoms with E-state index in [0.29, 0.717) is 12.0 Å². The average molecular weight is 387 g/mol. The second kappa shape index (κ2) is 9.46. The molecule has 0 bridgehead atoms. The molecule has 2 aromatic rings. The molecule has 0 aliphatic rings. The Morgan fingerprint density at radius 3 is 2.00 bits per heavy atom. The van der Waals surface area contributed by atoms with E-state index in [0.717, 1.165) is 5.56 Å². The van der Waals surface area contributed by atoms with Crippen LogP contribution in [0, 0.1) is 11.7 Å². The Morgan fingerprint density at radius 1 is 0.964 bits per heavy atom. The Morgan fingerprint density at radius 2 is 1.50 bits per heavy atom. The van der Waals surface area contributed by atoms with Crippen LogP contribution in [0.3, 0.4) is 0 Å². The van der Waals surface area contributed by atoms with E-state index in [9.17, 15) is 19.1 Å². The Balaban J connectivity index is 2.25. The van der Waals surface area contributed by atoms with Crippen molar-refractivity contribution in [1.29, 1.82) is 0 Å². The highest BCUT2D eigenvalue weighted by Crippen LogP contribution is 2.26. The van der Waals surface area contributed by atoms with Gasteiger partial charge in [0.15, 0.2) is 0 Å². The van der Waals surface area contributed by atoms with Gasteiger partial charge < -0.3 is 15.1 Å². The first-order chi connectivity index (χ1) is 13.2. The number of carboxylic acid groups (broad SMARTS) is 1. The zero-order valence-electron chi connectivity index (χ0n) is 16.3. The van der Waals surface area contributed by atoms with Crippen molar-refractivity contribution in [3.8, 4) is 0 Å². The van der Waals surface area contributed by atoms with Gasteiger partial charge in [0.2, 0.25) is 5.91 Å². The van der Waals surface area contributed by atoms with E-state index >= 15 is 0 Å². The molecule has 0 fully saturated rings. The second-order valence-corrected chi connectivity index (χ2v) is 7.31. The van der Waals surface area contributed by atoms with Gasteiger partial charge in [-0.2, -0.15) is 0 Å². The quantitative estimate of drug-likeness (QED) is 0.712. The number of carboxylic acids is 1. The van der Waals surface area contributed by atoms with Crippen LogP contribution in [0.1, 0.15) is 60.8 Å². The molecule has 0 aromatic heterocycles. The number of rotatable bonds is 8. The van der Waals surface area contributed by atoms with E-state index in [1.165, 1.54) is 36.4 Å². The minimum Gasteiger partial charge on any atom is -0.478 e. The lowest BCUT2D eigenvalue weighted by atomic mass is 10.0. The molecule has 1 unspecified atom stereocenters. The summed E-state index contributed by atoms with van der Waals surface area (Å²) in [6, 6.07) is 11.5. The van der Waals surface area contributed by atoms with Gasteiger partial charge in [-0.3, -0.25) is 4.79 Å². The van der Waals surface area contributed by atoms with Gasteiger partial charge in [0.05, 0.1) is 24.3 Å². The van der Waals surface area contributed by atoms with Crippen LogP contribution in [0.4, 0.5) is 4.39 Å². The Kier molecular flexibility index (Phi) is 7.29. The number of carbonyl (C=O) groups excluding carboxylic acids is 1. The fourth-order valence-corrected chi connectivity index (χ4v) is 3.00. The molecule has 0 heterocycles. The van der Waals surface area contributed by atoms with Gasteiger partial charge in [-0.05, 0) is 48.2 Å². The van der Waals surface area contributed by atoms with Gasteiger partial charge in [-0.25, -0.2) is 9.18 Å². The van der Waals surface area contributed by atoms with E-state index in [2.05, 4.69) is 0 Å². The third kappa shape index (κ3) is 5.63. The molecule has 2 N–H and O–H groups in total. The van der Waals surface area contributed by atoms with Crippen molar-refractivity contribution in [2.24, 2.45) is 5.92 Å². The fourth-order valence-electron chi connectivity index (χ4n) is 3.00. The predicted octanol–water partition coefficient (Wildman–Crippen LogP) is 4.19. The normalized spacial score (nSPS) is 13.2. The van der Waals surface area contributed by atoms with Crippen LogP contribution >= 0.6 is 0 Å². The molecule has 6 heteroatoms. The molecule has 0 radical (unpaired) electrons. The Hall–Kier alpha value is -2.73. The van der Waals surface area contributed by atoms with E-state index < -0.39 is 17.9 Å². The van der Waals surface area contributed by atoms with Crippen molar-refractivity contribution in [3.05, 3.63) is 71.0 Å². The lowest BCUT2D eigenvalue weighted by molar-refractivity contribution is -0.135. The number of hydrogen-bond donors (Lipinski definition) is 2. The van der Waals surface area contributed by atoms with Crippen LogP contribution in [0.2, 0.25) is 0 Å². The van der Waals surface area contributed by atoms with Gasteiger partial charge in [0.1, 0.15) is 5.82 Å². The maximum atomic E-state index is 13.1. The van der Waals surface area contributed by atoms with Crippen molar-refractivity contribution in [2.75, 3.05) is 6.54 Å². The molecule has 2 atom stereocenters. The third-order valence-electron chi connectivity index (χ3n) is 4.64. The van der Waals surface area contributed by atoms with Crippen LogP contribution in [0.25, 0.3) is 0 Å². The second-order valence-electron chi connectivity index (χ2n) is 7.31. The lowest BCUT2D eigenvalue weighted by Crippen LogP contribution is -2.37. The molecule has 0 saturated heterocycles. The summed E-state index contributed by atoms with van der Waals surface area (Å²) < 4.78 is 13.1. The number of aromatic carboxylic acids is 1. The predicted molar refractivity (Wildman–Crippen MR) is 104 cm³/mol. The van der Waals surface area contributed by atoms with Crippen molar-refractivity contribution >= 4 is 11.9 Å². The number of halogens is 1. The van der Waals surface area contributed by atoms with Crippen LogP contribution in [0.15, 0.2) is 48.5 Å². The summed E-state index contributed by atoms with van der Waals surface area (Å²) in [5, 5.41) is 19.6. The zero-order valence-corrected chi connectivity index (χ0v) is 16.3. The smallest absolute Gasteiger partial charge is 0.335 e. The maximum absolute atomic E-state index is 13.1. The zero-order chi connectivity index (χ0) is 20.8. The first kappa shape index (κ1) is 21.6. The number of aliphatic hydroxyl groups excluding tert-OH is 1. The highest BCUT2D eigenvalue weighted by Gasteiger charge is 2.25. The molecule has 0 aliphatic carbocycles. The Bertz CT molecular complexity index is 802. The molecular weight excluding hydrogens is 361 g/mol. The molecular formula is C22H26FNO4. The molecule has 2 rings (SSSR count). The number of hydrogen-bond acceptors (Lipinski definition) is 3. The summed E-state index contributed by atoms with van der Waals surface area (Å²) in [5.41, 5.74) is 1.47. The summed E-state index contributed by atoms with van der Waals surface area (Å²) in [6.45, 7) is 5.78. The molecule has 0 aliphatic heterocycles. The van der Waals surface area contributed by atoms with Crippen LogP contribution in [0.5, 0.6) is 0 Å². The van der Waals surface area contributed by atoms with Gasteiger partial charge in [0.25, 0.3) is 0 Å². The first-order valence-electron chi connectivity index (χ1n) is 9.25. The highest BCUT2D eigenvalue weighted by molar-refractivity contribution is 5.87. The molecule has 1 amide bonds. The SMILES string of the molecule is CC(C)CC(=O)N(CC(O)c1ccc(F)cc1)[C@@H](C)c1ccc(C(=O)O)cc1. The van der Waals surface area contributed by atoms with Crippen molar-refractivity contribution in [1.82, 2.24) is 4.90 Å². The highest BCUT2D eigenvalue weighted by atomic mass is 19.1. The van der Waals surface area contributed by atoms with E-state index in [1.54, 1.807) is 17.0 Å². The monoisotopic (exact) mass is 387 g/mol. The van der Waals surface area contributed by atoms with Crippen molar-refractivity contribution in [2.45, 2.75) is 39.3 Å². The van der Waals surface area contributed by atoms with Gasteiger partial charge in [-0.15, -0.1) is 0 Å². The summed E-state index contributed by atoms with van der Waals surface area (Å²) in [6.07, 6.45) is -0.634. The van der Waals surface area contributed by atoms with Gasteiger partial charge >= 0.3 is 5.97 Å². The summed E-state index contributed by atoms with van der Waals surface area (Å²) in [7, 11) is 0. The van der Waals surface area contributed by atoms with E-state index in [1.807, 2.05) is 20.8 Å². The average Bonchev–Trinajstić information content (AvgIpc) is 2.65. The van der Waals surface area contributed by atoms with Crippen molar-refractivity contribution in [3.63, 3.8) is 0 Å². The van der Waals surface area contributed by atoms with Gasteiger partial charge in [0, 0.05) is 6.42 Å². The molecule has 5 nitrogen and oxygen atoms in total. The topological polar surface area (TPSA) is 77.8 Å². The number of nitrogens with zero attached hydrogens (tertiary/aromatic N) is 1. The molecule has 0 spiro atoms. The molecule has 2 aromatic carbocycles. The van der Waals surface area contributed by atoms with E-state index in [-0.39, 0.29) is 30.0 Å². The molecule has 150 valence electrons. The van der Waals surface area contributed by atoms with Gasteiger partial charge in [-0.1, -0.05) is 38.1 Å². The minimum absolute atomic E-state index is 0.0546. The summed E-state index contributed by atoms with van der Waals surface area (Å²) in [5.74, 6) is -1.36. The lowest BCUT2D eigenvalue weighted by Gasteiger charge is -2.32. The largest absolute Gasteiger partial charge is 0.478 e. The summed E-state index contributed by atoms with van der Waals surface area (Å²) in [4.78, 5) is 25.5. The number of aliphatic hydroxyl groups is 1. The fraction of sp³-hybridized carbons (Fsp3) is 0.364. The van der Waals surface area contributed by atoms with Crippen LogP contribution in [-0.2, 0) is 4.79 Å². The van der Waals surface area contributed by atoms with Crippen LogP contribution < -0.4 is 0 Å². The first-order valence-corrected chi connectivity index (χ1v) is 9.25. The third-order valence-corrected chi connectivity index (χ3v) is 4.64. The number of benzene rings is 2. The maximum Gasteiger partial charge on any atom is 0.335 e. The summed E-state index contributed by atoms with van der Waals surface area (Å²) >= 11 is 0.